The van der Waals surface area contributed by atoms with Crippen LogP contribution in [-0.4, -0.2) is 130 Å². The summed E-state index contributed by atoms with van der Waals surface area (Å²) in [6.45, 7) is 15.8. The number of likely N-dealkylation sites (N-methyl/N-ethyl adjacent to an activating group) is 1. The summed E-state index contributed by atoms with van der Waals surface area (Å²) in [6, 6.07) is 9.07. The molecule has 14 heteroatoms. The lowest BCUT2D eigenvalue weighted by Gasteiger charge is -2.47. The van der Waals surface area contributed by atoms with Gasteiger partial charge in [0, 0.05) is 36.6 Å². The Labute approximate surface area is 333 Å². The second kappa shape index (κ2) is 21.2. The first kappa shape index (κ1) is 47.5. The molecule has 2 fully saturated rings. The summed E-state index contributed by atoms with van der Waals surface area (Å²) in [5.74, 6) is -3.96. The molecule has 14 nitrogen and oxygen atoms in total. The van der Waals surface area contributed by atoms with Crippen LogP contribution >= 0.6 is 0 Å². The van der Waals surface area contributed by atoms with Gasteiger partial charge >= 0.3 is 11.9 Å². The summed E-state index contributed by atoms with van der Waals surface area (Å²) in [6.07, 6.45) is -5.79. The molecule has 2 saturated heterocycles. The fourth-order valence-electron chi connectivity index (χ4n) is 8.16. The molecule has 2 aliphatic rings. The van der Waals surface area contributed by atoms with Crippen molar-refractivity contribution in [1.29, 1.82) is 0 Å². The van der Waals surface area contributed by atoms with Gasteiger partial charge in [0.05, 0.1) is 42.1 Å². The molecule has 3 rings (SSSR count). The van der Waals surface area contributed by atoms with Crippen molar-refractivity contribution in [3.63, 3.8) is 0 Å². The van der Waals surface area contributed by atoms with E-state index >= 15 is 0 Å². The van der Waals surface area contributed by atoms with Crippen LogP contribution in [0.2, 0.25) is 0 Å². The van der Waals surface area contributed by atoms with Crippen molar-refractivity contribution < 1.29 is 58.5 Å². The molecule has 0 spiro atoms. The topological polar surface area (TPSA) is 186 Å². The average Bonchev–Trinajstić information content (AvgIpc) is 3.14. The molecule has 0 aromatic heterocycles. The Morgan fingerprint density at radius 2 is 1.66 bits per heavy atom. The maximum absolute atomic E-state index is 14.0. The summed E-state index contributed by atoms with van der Waals surface area (Å²) in [5.41, 5.74) is -3.34. The highest BCUT2D eigenvalue weighted by Gasteiger charge is 2.52. The van der Waals surface area contributed by atoms with E-state index in [4.69, 9.17) is 28.5 Å². The second-order valence-electron chi connectivity index (χ2n) is 16.6. The molecule has 14 atom stereocenters. The summed E-state index contributed by atoms with van der Waals surface area (Å²) in [5, 5.41) is 52.3. The molecule has 4 N–H and O–H groups in total. The first-order chi connectivity index (χ1) is 26.3. The predicted octanol–water partition coefficient (Wildman–Crippen LogP) is 4.48. The first-order valence-corrected chi connectivity index (χ1v) is 20.3. The van der Waals surface area contributed by atoms with Crippen LogP contribution in [0, 0.1) is 23.7 Å². The molecule has 56 heavy (non-hydrogen) atoms. The third-order valence-corrected chi connectivity index (χ3v) is 11.4. The monoisotopic (exact) mass is 794 g/mol. The van der Waals surface area contributed by atoms with Crippen LogP contribution in [0.15, 0.2) is 35.5 Å². The molecule has 0 aliphatic carbocycles. The number of esters is 2. The Kier molecular flexibility index (Phi) is 18.0. The smallest absolute Gasteiger partial charge is 0.312 e. The Morgan fingerprint density at radius 3 is 2.27 bits per heavy atom. The maximum Gasteiger partial charge on any atom is 0.312 e. The third-order valence-electron chi connectivity index (χ3n) is 11.4. The molecule has 320 valence electrons. The van der Waals surface area contributed by atoms with Crippen molar-refractivity contribution in [2.75, 3.05) is 27.3 Å². The van der Waals surface area contributed by atoms with Gasteiger partial charge in [0.25, 0.3) is 0 Å². The van der Waals surface area contributed by atoms with Gasteiger partial charge in [-0.25, -0.2) is 0 Å². The number of aliphatic hydroxyl groups is 4. The lowest BCUT2D eigenvalue weighted by atomic mass is 9.73. The van der Waals surface area contributed by atoms with Crippen molar-refractivity contribution in [3.8, 4) is 5.75 Å². The maximum atomic E-state index is 14.0. The Bertz CT molecular complexity index is 1390. The number of ether oxygens (including phenoxy) is 5. The number of rotatable bonds is 13. The quantitative estimate of drug-likeness (QED) is 0.125. The zero-order valence-corrected chi connectivity index (χ0v) is 35.4. The van der Waals surface area contributed by atoms with Gasteiger partial charge in [0.15, 0.2) is 6.29 Å². The van der Waals surface area contributed by atoms with Crippen LogP contribution < -0.4 is 4.74 Å². The van der Waals surface area contributed by atoms with E-state index in [1.54, 1.807) is 34.6 Å². The van der Waals surface area contributed by atoms with Crippen molar-refractivity contribution in [2.45, 2.75) is 161 Å². The number of benzene rings is 1. The summed E-state index contributed by atoms with van der Waals surface area (Å²) < 4.78 is 30.5. The number of hydrogen-bond donors (Lipinski definition) is 4. The van der Waals surface area contributed by atoms with Crippen LogP contribution in [0.4, 0.5) is 0 Å². The number of aliphatic hydroxyl groups excluding tert-OH is 2. The van der Waals surface area contributed by atoms with Crippen LogP contribution in [0.3, 0.4) is 0 Å². The molecular formula is C42H70N2O12. The highest BCUT2D eigenvalue weighted by Crippen LogP contribution is 2.39. The molecule has 2 aliphatic heterocycles. The predicted molar refractivity (Wildman–Crippen MR) is 211 cm³/mol. The van der Waals surface area contributed by atoms with Gasteiger partial charge in [-0.2, -0.15) is 0 Å². The van der Waals surface area contributed by atoms with E-state index in [0.29, 0.717) is 31.6 Å². The van der Waals surface area contributed by atoms with Gasteiger partial charge < -0.3 is 53.8 Å². The molecule has 0 radical (unpaired) electrons. The van der Waals surface area contributed by atoms with Gasteiger partial charge in [-0.15, -0.1) is 0 Å². The standard InChI is InChI=1S/C42H70N2O12/c1-12-18-33(45)55-36-28(6)38(56-40-35(46)31(44(10)11)23-26(4)53-40)41(8,49)24-25(3)34(43-52-22-17-21-51-30-19-15-14-16-20-30)27(5)37(47)42(9,50)32(13-2)54-39(48)29(36)7/h14-16,19-20,25-29,31-32,35-38,40,46-47,49-50H,12-13,17-18,21-24H2,1-11H3/b43-34+/t25-,26-,27-,28+,29-,31+,32+,35-,36+,37-,38-,40+,41?,42-/m1/s1. The zero-order valence-electron chi connectivity index (χ0n) is 35.4. The van der Waals surface area contributed by atoms with Crippen LogP contribution in [0.1, 0.15) is 101 Å². The Hall–Kier alpha value is -2.85. The Morgan fingerprint density at radius 1 is 1.00 bits per heavy atom. The number of carbonyl (C=O) groups is 2. The average molecular weight is 795 g/mol. The van der Waals surface area contributed by atoms with Gasteiger partial charge in [0.1, 0.15) is 36.3 Å². The molecule has 0 bridgehead atoms. The molecule has 2 heterocycles. The fourth-order valence-corrected chi connectivity index (χ4v) is 8.16. The van der Waals surface area contributed by atoms with Gasteiger partial charge in [-0.05, 0) is 79.6 Å². The van der Waals surface area contributed by atoms with Crippen molar-refractivity contribution >= 4 is 17.7 Å². The lowest BCUT2D eigenvalue weighted by Crippen LogP contribution is -2.60. The van der Waals surface area contributed by atoms with E-state index in [2.05, 4.69) is 5.16 Å². The number of cyclic esters (lactones) is 1. The normalized spacial score (nSPS) is 38.4. The number of para-hydroxylation sites is 1. The van der Waals surface area contributed by atoms with Crippen LogP contribution in [0.25, 0.3) is 0 Å². The minimum Gasteiger partial charge on any atom is -0.493 e. The molecule has 0 saturated carbocycles. The van der Waals surface area contributed by atoms with Gasteiger partial charge in [-0.3, -0.25) is 9.59 Å². The number of hydrogen-bond acceptors (Lipinski definition) is 14. The van der Waals surface area contributed by atoms with E-state index in [1.165, 1.54) is 6.92 Å². The first-order valence-electron chi connectivity index (χ1n) is 20.3. The van der Waals surface area contributed by atoms with E-state index in [9.17, 15) is 30.0 Å². The number of oxime groups is 1. The van der Waals surface area contributed by atoms with Crippen molar-refractivity contribution in [2.24, 2.45) is 28.8 Å². The number of nitrogens with zero attached hydrogens (tertiary/aromatic N) is 2. The van der Waals surface area contributed by atoms with E-state index < -0.39 is 83.6 Å². The number of carbonyl (C=O) groups excluding carboxylic acids is 2. The van der Waals surface area contributed by atoms with E-state index in [1.807, 2.05) is 70.1 Å². The van der Waals surface area contributed by atoms with Crippen LogP contribution in [0.5, 0.6) is 5.75 Å². The third kappa shape index (κ3) is 12.3. The minimum atomic E-state index is -1.94. The molecule has 1 unspecified atom stereocenters. The molecule has 0 amide bonds. The molecule has 1 aromatic rings. The SMILES string of the molecule is CCCC(=O)O[C@H]1[C@H](C)[C@@H](O[C@@H]2O[C@H](C)C[C@H](N(C)C)[C@H]2O)C(C)(O)C[C@@H](C)/C(=N\OCCCOc2ccccc2)[C@@H](C)[C@@H](O)[C@](C)(O)[C@H](CC)OC(=O)[C@@H]1C. The summed E-state index contributed by atoms with van der Waals surface area (Å²) in [7, 11) is 3.72. The van der Waals surface area contributed by atoms with E-state index in [-0.39, 0.29) is 38.0 Å². The van der Waals surface area contributed by atoms with Gasteiger partial charge in [-0.1, -0.05) is 58.0 Å². The second-order valence-corrected chi connectivity index (χ2v) is 16.6. The van der Waals surface area contributed by atoms with Crippen molar-refractivity contribution in [3.05, 3.63) is 30.3 Å². The highest BCUT2D eigenvalue weighted by atomic mass is 16.7. The fraction of sp³-hybridized carbons (Fsp3) is 0.786. The minimum absolute atomic E-state index is 0.0122. The Balaban J connectivity index is 2.10. The zero-order chi connectivity index (χ0) is 42.0. The summed E-state index contributed by atoms with van der Waals surface area (Å²) in [4.78, 5) is 34.8. The lowest BCUT2D eigenvalue weighted by molar-refractivity contribution is -0.299. The molecule has 1 aromatic carbocycles. The largest absolute Gasteiger partial charge is 0.493 e. The molecular weight excluding hydrogens is 724 g/mol. The van der Waals surface area contributed by atoms with Crippen molar-refractivity contribution in [1.82, 2.24) is 4.90 Å². The van der Waals surface area contributed by atoms with E-state index in [0.717, 1.165) is 5.75 Å². The van der Waals surface area contributed by atoms with Gasteiger partial charge in [0.2, 0.25) is 0 Å². The van der Waals surface area contributed by atoms with Crippen LogP contribution in [-0.2, 0) is 33.4 Å². The summed E-state index contributed by atoms with van der Waals surface area (Å²) >= 11 is 0. The highest BCUT2D eigenvalue weighted by molar-refractivity contribution is 5.88.